The van der Waals surface area contributed by atoms with E-state index in [0.717, 1.165) is 26.1 Å². The van der Waals surface area contributed by atoms with Crippen LogP contribution in [-0.2, 0) is 18.9 Å². The summed E-state index contributed by atoms with van der Waals surface area (Å²) in [5.41, 5.74) is 0. The second kappa shape index (κ2) is 8.68. The summed E-state index contributed by atoms with van der Waals surface area (Å²) in [6, 6.07) is 0. The molecule has 4 nitrogen and oxygen atoms in total. The lowest BCUT2D eigenvalue weighted by molar-refractivity contribution is -0.169. The van der Waals surface area contributed by atoms with Crippen molar-refractivity contribution in [1.29, 1.82) is 0 Å². The summed E-state index contributed by atoms with van der Waals surface area (Å²) in [5, 5.41) is 0. The Kier molecular flexibility index (Phi) is 7.22. The highest BCUT2D eigenvalue weighted by atomic mass is 127. The van der Waals surface area contributed by atoms with E-state index in [2.05, 4.69) is 22.6 Å². The fraction of sp³-hybridized carbons (Fsp3) is 1.00. The average molecular weight is 370 g/mol. The van der Waals surface area contributed by atoms with E-state index in [-0.39, 0.29) is 18.3 Å². The molecule has 106 valence electrons. The third-order valence-electron chi connectivity index (χ3n) is 3.41. The van der Waals surface area contributed by atoms with Crippen LogP contribution in [0.15, 0.2) is 0 Å². The summed E-state index contributed by atoms with van der Waals surface area (Å²) in [7, 11) is 0. The van der Waals surface area contributed by atoms with Crippen LogP contribution < -0.4 is 0 Å². The topological polar surface area (TPSA) is 36.9 Å². The molecule has 0 aromatic heterocycles. The summed E-state index contributed by atoms with van der Waals surface area (Å²) in [6.45, 7) is 3.56. The smallest absolute Gasteiger partial charge is 0.0863 e. The molecule has 0 aliphatic carbocycles. The van der Waals surface area contributed by atoms with Crippen molar-refractivity contribution < 1.29 is 18.9 Å². The summed E-state index contributed by atoms with van der Waals surface area (Å²) >= 11 is 2.42. The van der Waals surface area contributed by atoms with Crippen molar-refractivity contribution in [2.75, 3.05) is 37.5 Å². The highest BCUT2D eigenvalue weighted by molar-refractivity contribution is 14.1. The van der Waals surface area contributed by atoms with E-state index in [4.69, 9.17) is 18.9 Å². The molecular weight excluding hydrogens is 347 g/mol. The molecule has 0 N–H and O–H groups in total. The summed E-state index contributed by atoms with van der Waals surface area (Å²) in [4.78, 5) is 0. The van der Waals surface area contributed by atoms with Gasteiger partial charge in [0.25, 0.3) is 0 Å². The molecule has 0 amide bonds. The molecule has 3 atom stereocenters. The minimum Gasteiger partial charge on any atom is -0.376 e. The molecule has 0 bridgehead atoms. The van der Waals surface area contributed by atoms with Gasteiger partial charge >= 0.3 is 0 Å². The number of hydrogen-bond donors (Lipinski definition) is 0. The molecule has 0 spiro atoms. The Morgan fingerprint density at radius 1 is 0.889 bits per heavy atom. The zero-order valence-electron chi connectivity index (χ0n) is 10.8. The van der Waals surface area contributed by atoms with Crippen LogP contribution in [-0.4, -0.2) is 55.8 Å². The molecule has 2 fully saturated rings. The molecule has 0 saturated carbocycles. The van der Waals surface area contributed by atoms with Crippen LogP contribution in [0.3, 0.4) is 0 Å². The Balaban J connectivity index is 1.75. The van der Waals surface area contributed by atoms with Crippen molar-refractivity contribution in [2.24, 2.45) is 0 Å². The molecule has 0 aromatic rings. The zero-order valence-corrected chi connectivity index (χ0v) is 13.0. The maximum atomic E-state index is 5.86. The Labute approximate surface area is 123 Å². The number of ether oxygens (including phenoxy) is 4. The number of unbranched alkanes of at least 4 members (excludes halogenated alkanes) is 1. The quantitative estimate of drug-likeness (QED) is 0.408. The lowest BCUT2D eigenvalue weighted by Gasteiger charge is -2.35. The number of hydrogen-bond acceptors (Lipinski definition) is 4. The van der Waals surface area contributed by atoms with Gasteiger partial charge in [0, 0.05) is 6.42 Å². The van der Waals surface area contributed by atoms with E-state index in [1.807, 2.05) is 0 Å². The maximum absolute atomic E-state index is 5.86. The summed E-state index contributed by atoms with van der Waals surface area (Å²) < 4.78 is 24.1. The average Bonchev–Trinajstić information content (AvgIpc) is 2.42. The summed E-state index contributed by atoms with van der Waals surface area (Å²) in [6.07, 6.45) is 5.08. The van der Waals surface area contributed by atoms with Crippen molar-refractivity contribution in [3.8, 4) is 0 Å². The van der Waals surface area contributed by atoms with E-state index in [1.54, 1.807) is 0 Å². The molecule has 2 aliphatic heterocycles. The van der Waals surface area contributed by atoms with Crippen LogP contribution in [0.1, 0.15) is 25.7 Å². The molecular formula is C13H23IO4. The van der Waals surface area contributed by atoms with Crippen LogP contribution in [0.5, 0.6) is 0 Å². The zero-order chi connectivity index (χ0) is 12.6. The second-order valence-electron chi connectivity index (χ2n) is 4.81. The normalized spacial score (nSPS) is 33.5. The Hall–Kier alpha value is 0.570. The highest BCUT2D eigenvalue weighted by Gasteiger charge is 2.30. The molecule has 0 aromatic carbocycles. The fourth-order valence-electron chi connectivity index (χ4n) is 2.47. The third kappa shape index (κ3) is 4.92. The predicted molar refractivity (Wildman–Crippen MR) is 77.4 cm³/mol. The Morgan fingerprint density at radius 2 is 1.67 bits per heavy atom. The maximum Gasteiger partial charge on any atom is 0.0863 e. The minimum atomic E-state index is 0.178. The van der Waals surface area contributed by atoms with E-state index >= 15 is 0 Å². The van der Waals surface area contributed by atoms with Crippen molar-refractivity contribution >= 4 is 22.6 Å². The van der Waals surface area contributed by atoms with Crippen molar-refractivity contribution in [2.45, 2.75) is 44.0 Å². The molecule has 2 heterocycles. The Bertz CT molecular complexity index is 221. The third-order valence-corrected chi connectivity index (χ3v) is 4.18. The van der Waals surface area contributed by atoms with Crippen molar-refractivity contribution in [3.05, 3.63) is 0 Å². The summed E-state index contributed by atoms with van der Waals surface area (Å²) in [5.74, 6) is 0. The van der Waals surface area contributed by atoms with Crippen molar-refractivity contribution in [1.82, 2.24) is 0 Å². The molecule has 2 rings (SSSR count). The van der Waals surface area contributed by atoms with E-state index in [9.17, 15) is 0 Å². The fourth-order valence-corrected chi connectivity index (χ4v) is 3.01. The molecule has 18 heavy (non-hydrogen) atoms. The van der Waals surface area contributed by atoms with Crippen LogP contribution in [0, 0.1) is 0 Å². The molecule has 0 radical (unpaired) electrons. The molecule has 2 aliphatic rings. The standard InChI is InChI=1S/C13H23IO4/c14-4-2-1-3-12-13(18-8-7-17-12)9-11-10-15-5-6-16-11/h11-13H,1-10H2. The number of rotatable bonds is 6. The van der Waals surface area contributed by atoms with Gasteiger partial charge in [-0.1, -0.05) is 29.0 Å². The number of halogens is 1. The van der Waals surface area contributed by atoms with E-state index in [0.29, 0.717) is 19.8 Å². The lowest BCUT2D eigenvalue weighted by atomic mass is 10.0. The lowest BCUT2D eigenvalue weighted by Crippen LogP contribution is -2.43. The van der Waals surface area contributed by atoms with Crippen molar-refractivity contribution in [3.63, 3.8) is 0 Å². The van der Waals surface area contributed by atoms with Crippen LogP contribution >= 0.6 is 22.6 Å². The monoisotopic (exact) mass is 370 g/mol. The SMILES string of the molecule is ICCCCC1OCCOC1CC1COCCO1. The second-order valence-corrected chi connectivity index (χ2v) is 5.89. The van der Waals surface area contributed by atoms with Gasteiger partial charge in [-0.05, 0) is 17.3 Å². The Morgan fingerprint density at radius 3 is 2.39 bits per heavy atom. The molecule has 2 saturated heterocycles. The van der Waals surface area contributed by atoms with E-state index < -0.39 is 0 Å². The first kappa shape index (κ1) is 15.0. The predicted octanol–water partition coefficient (Wildman–Crippen LogP) is 2.18. The van der Waals surface area contributed by atoms with E-state index in [1.165, 1.54) is 17.3 Å². The van der Waals surface area contributed by atoms with Gasteiger partial charge in [-0.3, -0.25) is 0 Å². The van der Waals surface area contributed by atoms with Gasteiger partial charge in [0.05, 0.1) is 51.3 Å². The van der Waals surface area contributed by atoms with Gasteiger partial charge in [-0.25, -0.2) is 0 Å². The van der Waals surface area contributed by atoms with Gasteiger partial charge in [0.15, 0.2) is 0 Å². The van der Waals surface area contributed by atoms with Crippen LogP contribution in [0.2, 0.25) is 0 Å². The van der Waals surface area contributed by atoms with Gasteiger partial charge in [0.2, 0.25) is 0 Å². The van der Waals surface area contributed by atoms with Gasteiger partial charge in [-0.15, -0.1) is 0 Å². The largest absolute Gasteiger partial charge is 0.376 e. The highest BCUT2D eigenvalue weighted by Crippen LogP contribution is 2.22. The van der Waals surface area contributed by atoms with Crippen LogP contribution in [0.4, 0.5) is 0 Å². The first-order chi connectivity index (χ1) is 8.90. The first-order valence-corrected chi connectivity index (χ1v) is 8.41. The minimum absolute atomic E-state index is 0.178. The molecule has 3 unspecified atom stereocenters. The number of alkyl halides is 1. The first-order valence-electron chi connectivity index (χ1n) is 6.88. The molecule has 5 heteroatoms. The van der Waals surface area contributed by atoms with Crippen LogP contribution in [0.25, 0.3) is 0 Å². The van der Waals surface area contributed by atoms with Gasteiger partial charge in [-0.2, -0.15) is 0 Å². The van der Waals surface area contributed by atoms with Gasteiger partial charge in [0.1, 0.15) is 0 Å². The van der Waals surface area contributed by atoms with Gasteiger partial charge < -0.3 is 18.9 Å².